The van der Waals surface area contributed by atoms with Crippen LogP contribution < -0.4 is 5.32 Å². The molecule has 0 aliphatic heterocycles. The zero-order valence-corrected chi connectivity index (χ0v) is 13.8. The van der Waals surface area contributed by atoms with E-state index in [-0.39, 0.29) is 0 Å². The van der Waals surface area contributed by atoms with Crippen LogP contribution in [-0.2, 0) is 16.3 Å². The molecule has 0 saturated heterocycles. The molecule has 0 fully saturated rings. The molecular formula is C16H27NO2S. The minimum absolute atomic E-state index is 0.331. The van der Waals surface area contributed by atoms with Crippen LogP contribution in [0.4, 0.5) is 0 Å². The van der Waals surface area contributed by atoms with Crippen LogP contribution in [0.1, 0.15) is 39.2 Å². The van der Waals surface area contributed by atoms with E-state index in [4.69, 9.17) is 0 Å². The highest BCUT2D eigenvalue weighted by Crippen LogP contribution is 2.19. The van der Waals surface area contributed by atoms with Crippen LogP contribution in [0.3, 0.4) is 0 Å². The Balaban J connectivity index is 2.93. The van der Waals surface area contributed by atoms with Crippen molar-refractivity contribution in [1.29, 1.82) is 0 Å². The highest BCUT2D eigenvalue weighted by molar-refractivity contribution is 7.90. The molecule has 4 heteroatoms. The zero-order chi connectivity index (χ0) is 15.2. The predicted molar refractivity (Wildman–Crippen MR) is 84.8 cm³/mol. The molecule has 1 unspecified atom stereocenters. The third kappa shape index (κ3) is 5.63. The van der Waals surface area contributed by atoms with Crippen molar-refractivity contribution in [3.05, 3.63) is 29.8 Å². The second kappa shape index (κ2) is 7.79. The molecule has 0 heterocycles. The molecule has 0 aliphatic rings. The van der Waals surface area contributed by atoms with Crippen LogP contribution in [0.5, 0.6) is 0 Å². The van der Waals surface area contributed by atoms with E-state index in [1.165, 1.54) is 6.26 Å². The fraction of sp³-hybridized carbons (Fsp3) is 0.625. The summed E-state index contributed by atoms with van der Waals surface area (Å²) in [7, 11) is -3.16. The molecule has 1 atom stereocenters. The van der Waals surface area contributed by atoms with Crippen molar-refractivity contribution in [2.75, 3.05) is 12.8 Å². The number of hydrogen-bond donors (Lipinski definition) is 1. The second-order valence-corrected chi connectivity index (χ2v) is 7.85. The lowest BCUT2D eigenvalue weighted by Gasteiger charge is -2.21. The van der Waals surface area contributed by atoms with Gasteiger partial charge in [-0.2, -0.15) is 0 Å². The fourth-order valence-electron chi connectivity index (χ4n) is 2.46. The van der Waals surface area contributed by atoms with E-state index in [9.17, 15) is 8.42 Å². The number of rotatable bonds is 8. The highest BCUT2D eigenvalue weighted by Gasteiger charge is 2.17. The first kappa shape index (κ1) is 17.2. The Labute approximate surface area is 123 Å². The minimum Gasteiger partial charge on any atom is -0.314 e. The molecular weight excluding hydrogens is 270 g/mol. The van der Waals surface area contributed by atoms with Crippen LogP contribution in [-0.4, -0.2) is 27.3 Å². The summed E-state index contributed by atoms with van der Waals surface area (Å²) in [6, 6.07) is 7.67. The zero-order valence-electron chi connectivity index (χ0n) is 13.0. The lowest BCUT2D eigenvalue weighted by Crippen LogP contribution is -2.33. The molecule has 0 saturated carbocycles. The average molecular weight is 297 g/mol. The van der Waals surface area contributed by atoms with Crippen LogP contribution in [0, 0.1) is 5.92 Å². The predicted octanol–water partition coefficient (Wildman–Crippen LogP) is 3.05. The first-order chi connectivity index (χ1) is 9.34. The van der Waals surface area contributed by atoms with Gasteiger partial charge in [0.15, 0.2) is 9.84 Å². The SMILES string of the molecule is CCCNC(Cc1ccccc1S(C)(=O)=O)CC(C)C. The maximum atomic E-state index is 11.9. The van der Waals surface area contributed by atoms with E-state index in [0.717, 1.165) is 31.4 Å². The molecule has 3 nitrogen and oxygen atoms in total. The first-order valence-corrected chi connectivity index (χ1v) is 9.25. The van der Waals surface area contributed by atoms with E-state index in [2.05, 4.69) is 26.1 Å². The van der Waals surface area contributed by atoms with Crippen LogP contribution in [0.25, 0.3) is 0 Å². The van der Waals surface area contributed by atoms with Gasteiger partial charge in [0.1, 0.15) is 0 Å². The molecule has 0 aliphatic carbocycles. The molecule has 20 heavy (non-hydrogen) atoms. The molecule has 114 valence electrons. The Morgan fingerprint density at radius 3 is 2.40 bits per heavy atom. The quantitative estimate of drug-likeness (QED) is 0.802. The minimum atomic E-state index is -3.16. The monoisotopic (exact) mass is 297 g/mol. The van der Waals surface area contributed by atoms with Gasteiger partial charge < -0.3 is 5.32 Å². The van der Waals surface area contributed by atoms with Crippen LogP contribution in [0.2, 0.25) is 0 Å². The average Bonchev–Trinajstić information content (AvgIpc) is 2.34. The van der Waals surface area contributed by atoms with Gasteiger partial charge in [0, 0.05) is 12.3 Å². The van der Waals surface area contributed by atoms with Crippen molar-refractivity contribution < 1.29 is 8.42 Å². The Kier molecular flexibility index (Phi) is 6.69. The third-order valence-electron chi connectivity index (χ3n) is 3.28. The van der Waals surface area contributed by atoms with Gasteiger partial charge in [0.2, 0.25) is 0 Å². The standard InChI is InChI=1S/C16H27NO2S/c1-5-10-17-15(11-13(2)3)12-14-8-6-7-9-16(14)20(4,18)19/h6-9,13,15,17H,5,10-12H2,1-4H3. The summed E-state index contributed by atoms with van der Waals surface area (Å²) in [5, 5.41) is 3.53. The Bertz CT molecular complexity index is 509. The maximum Gasteiger partial charge on any atom is 0.175 e. The van der Waals surface area contributed by atoms with Crippen molar-refractivity contribution in [2.24, 2.45) is 5.92 Å². The Morgan fingerprint density at radius 1 is 1.20 bits per heavy atom. The van der Waals surface area contributed by atoms with Crippen molar-refractivity contribution in [1.82, 2.24) is 5.32 Å². The van der Waals surface area contributed by atoms with Gasteiger partial charge in [-0.25, -0.2) is 8.42 Å². The lowest BCUT2D eigenvalue weighted by molar-refractivity contribution is 0.414. The molecule has 0 aromatic heterocycles. The van der Waals surface area contributed by atoms with Crippen LogP contribution >= 0.6 is 0 Å². The Morgan fingerprint density at radius 2 is 1.85 bits per heavy atom. The molecule has 0 bridgehead atoms. The van der Waals surface area contributed by atoms with Gasteiger partial charge in [-0.15, -0.1) is 0 Å². The van der Waals surface area contributed by atoms with E-state index in [0.29, 0.717) is 16.9 Å². The van der Waals surface area contributed by atoms with Gasteiger partial charge in [0.05, 0.1) is 4.90 Å². The van der Waals surface area contributed by atoms with E-state index < -0.39 is 9.84 Å². The first-order valence-electron chi connectivity index (χ1n) is 7.36. The van der Waals surface area contributed by atoms with Crippen molar-refractivity contribution in [3.63, 3.8) is 0 Å². The largest absolute Gasteiger partial charge is 0.314 e. The smallest absolute Gasteiger partial charge is 0.175 e. The topological polar surface area (TPSA) is 46.2 Å². The third-order valence-corrected chi connectivity index (χ3v) is 4.47. The van der Waals surface area contributed by atoms with Gasteiger partial charge in [0.25, 0.3) is 0 Å². The van der Waals surface area contributed by atoms with Crippen molar-refractivity contribution >= 4 is 9.84 Å². The summed E-state index contributed by atoms with van der Waals surface area (Å²) in [6.07, 6.45) is 4.19. The van der Waals surface area contributed by atoms with E-state index >= 15 is 0 Å². The van der Waals surface area contributed by atoms with Gasteiger partial charge in [-0.05, 0) is 43.4 Å². The summed E-state index contributed by atoms with van der Waals surface area (Å²) < 4.78 is 23.7. The summed E-state index contributed by atoms with van der Waals surface area (Å²) in [5.41, 5.74) is 0.921. The summed E-state index contributed by atoms with van der Waals surface area (Å²) in [5.74, 6) is 0.592. The Hall–Kier alpha value is -0.870. The number of hydrogen-bond acceptors (Lipinski definition) is 3. The summed E-state index contributed by atoms with van der Waals surface area (Å²) >= 11 is 0. The summed E-state index contributed by atoms with van der Waals surface area (Å²) in [6.45, 7) is 7.51. The molecule has 0 radical (unpaired) electrons. The van der Waals surface area contributed by atoms with Gasteiger partial charge in [-0.3, -0.25) is 0 Å². The van der Waals surface area contributed by atoms with E-state index in [1.807, 2.05) is 12.1 Å². The summed E-state index contributed by atoms with van der Waals surface area (Å²) in [4.78, 5) is 0.465. The molecule has 1 aromatic carbocycles. The highest BCUT2D eigenvalue weighted by atomic mass is 32.2. The molecule has 1 rings (SSSR count). The number of benzene rings is 1. The van der Waals surface area contributed by atoms with E-state index in [1.54, 1.807) is 12.1 Å². The fourth-order valence-corrected chi connectivity index (χ4v) is 3.41. The molecule has 1 N–H and O–H groups in total. The normalized spacial score (nSPS) is 13.7. The van der Waals surface area contributed by atoms with Crippen molar-refractivity contribution in [2.45, 2.75) is 51.0 Å². The lowest BCUT2D eigenvalue weighted by atomic mass is 9.97. The number of sulfone groups is 1. The second-order valence-electron chi connectivity index (χ2n) is 5.86. The molecule has 0 amide bonds. The van der Waals surface area contributed by atoms with Gasteiger partial charge >= 0.3 is 0 Å². The van der Waals surface area contributed by atoms with Crippen LogP contribution in [0.15, 0.2) is 29.2 Å². The molecule has 1 aromatic rings. The maximum absolute atomic E-state index is 11.9. The molecule has 0 spiro atoms. The van der Waals surface area contributed by atoms with Gasteiger partial charge in [-0.1, -0.05) is 39.0 Å². The van der Waals surface area contributed by atoms with Crippen molar-refractivity contribution in [3.8, 4) is 0 Å². The number of nitrogens with one attached hydrogen (secondary N) is 1.